The number of carbonyl (C=O) groups excluding carboxylic acids is 1. The van der Waals surface area contributed by atoms with Crippen LogP contribution in [0.3, 0.4) is 0 Å². The second-order valence-electron chi connectivity index (χ2n) is 12.1. The normalized spacial score (nSPS) is 14.1. The number of rotatable bonds is 31. The van der Waals surface area contributed by atoms with Gasteiger partial charge in [0, 0.05) is 6.42 Å². The molecule has 0 aromatic carbocycles. The van der Waals surface area contributed by atoms with Crippen LogP contribution in [-0.2, 0) is 14.9 Å². The Labute approximate surface area is 277 Å². The Morgan fingerprint density at radius 2 is 1.09 bits per heavy atom. The van der Waals surface area contributed by atoms with Crippen molar-refractivity contribution in [3.05, 3.63) is 60.8 Å². The van der Waals surface area contributed by atoms with Crippen LogP contribution in [0, 0.1) is 0 Å². The first-order valence-corrected chi connectivity index (χ1v) is 19.6. The van der Waals surface area contributed by atoms with Gasteiger partial charge >= 0.3 is 0 Å². The van der Waals surface area contributed by atoms with Gasteiger partial charge in [0.15, 0.2) is 0 Å². The minimum Gasteiger partial charge on any atom is -0.387 e. The Morgan fingerprint density at radius 1 is 0.622 bits per heavy atom. The van der Waals surface area contributed by atoms with Crippen LogP contribution in [0.2, 0.25) is 0 Å². The first-order chi connectivity index (χ1) is 21.8. The standard InChI is InChI=1S/C38H67NO5S/c1-3-5-7-9-11-13-15-17-19-21-23-25-27-29-31-33-37(40)36(35-45(42,43)44)39-38(41)34-32-30-28-26-24-22-20-18-16-14-12-10-8-6-4-2/h6,8,12,14,18,20,23,25,31,33,36-37,40H,3-5,7,9-11,13,15-17,19,21-22,24,26-30,32,34-35H2,1-2H3,(H,39,41)(H,42,43,44)/b8-6-,14-12-,20-18-,25-23+,33-31+. The lowest BCUT2D eigenvalue weighted by molar-refractivity contribution is -0.122. The fourth-order valence-corrected chi connectivity index (χ4v) is 5.74. The minimum absolute atomic E-state index is 0.266. The Bertz CT molecular complexity index is 936. The Hall–Kier alpha value is -1.96. The monoisotopic (exact) mass is 649 g/mol. The lowest BCUT2D eigenvalue weighted by Gasteiger charge is -2.21. The molecule has 260 valence electrons. The van der Waals surface area contributed by atoms with Gasteiger partial charge in [0.2, 0.25) is 5.91 Å². The number of aliphatic hydroxyl groups is 1. The van der Waals surface area contributed by atoms with Gasteiger partial charge in [-0.3, -0.25) is 9.35 Å². The molecular formula is C38H67NO5S. The summed E-state index contributed by atoms with van der Waals surface area (Å²) < 4.78 is 32.3. The largest absolute Gasteiger partial charge is 0.387 e. The van der Waals surface area contributed by atoms with E-state index in [1.54, 1.807) is 6.08 Å². The predicted molar refractivity (Wildman–Crippen MR) is 193 cm³/mol. The molecule has 3 N–H and O–H groups in total. The van der Waals surface area contributed by atoms with Crippen LogP contribution in [0.15, 0.2) is 60.8 Å². The molecule has 0 fully saturated rings. The molecule has 0 aliphatic rings. The van der Waals surface area contributed by atoms with E-state index < -0.39 is 28.0 Å². The van der Waals surface area contributed by atoms with Gasteiger partial charge in [0.25, 0.3) is 10.1 Å². The Kier molecular flexibility index (Phi) is 30.6. The Balaban J connectivity index is 4.10. The molecule has 7 heteroatoms. The van der Waals surface area contributed by atoms with E-state index in [4.69, 9.17) is 0 Å². The van der Waals surface area contributed by atoms with E-state index in [-0.39, 0.29) is 12.3 Å². The number of amides is 1. The van der Waals surface area contributed by atoms with E-state index in [0.717, 1.165) is 64.2 Å². The predicted octanol–water partition coefficient (Wildman–Crippen LogP) is 10.1. The van der Waals surface area contributed by atoms with Crippen LogP contribution in [0.5, 0.6) is 0 Å². The molecule has 0 aliphatic carbocycles. The van der Waals surface area contributed by atoms with Crippen LogP contribution in [0.25, 0.3) is 0 Å². The van der Waals surface area contributed by atoms with Crippen molar-refractivity contribution in [2.24, 2.45) is 0 Å². The molecule has 0 radical (unpaired) electrons. The van der Waals surface area contributed by atoms with Crippen molar-refractivity contribution in [3.63, 3.8) is 0 Å². The molecule has 0 saturated heterocycles. The summed E-state index contributed by atoms with van der Waals surface area (Å²) in [5.74, 6) is -1.03. The van der Waals surface area contributed by atoms with E-state index in [9.17, 15) is 22.9 Å². The van der Waals surface area contributed by atoms with Crippen LogP contribution in [0.1, 0.15) is 155 Å². The average molecular weight is 650 g/mol. The summed E-state index contributed by atoms with van der Waals surface area (Å²) in [5, 5.41) is 13.1. The second kappa shape index (κ2) is 32.0. The summed E-state index contributed by atoms with van der Waals surface area (Å²) in [6.07, 6.45) is 43.4. The van der Waals surface area contributed by atoms with Gasteiger partial charge in [-0.15, -0.1) is 0 Å². The van der Waals surface area contributed by atoms with E-state index in [0.29, 0.717) is 12.8 Å². The molecule has 0 heterocycles. The third kappa shape index (κ3) is 33.2. The van der Waals surface area contributed by atoms with Crippen molar-refractivity contribution < 1.29 is 22.9 Å². The first-order valence-electron chi connectivity index (χ1n) is 18.0. The molecule has 0 aromatic heterocycles. The highest BCUT2D eigenvalue weighted by molar-refractivity contribution is 7.85. The van der Waals surface area contributed by atoms with E-state index >= 15 is 0 Å². The molecule has 2 atom stereocenters. The highest BCUT2D eigenvalue weighted by Gasteiger charge is 2.24. The minimum atomic E-state index is -4.36. The summed E-state index contributed by atoms with van der Waals surface area (Å²) in [5.41, 5.74) is 0. The molecule has 0 aliphatic heterocycles. The van der Waals surface area contributed by atoms with Crippen molar-refractivity contribution in [2.75, 3.05) is 5.75 Å². The quantitative estimate of drug-likeness (QED) is 0.0394. The number of hydrogen-bond acceptors (Lipinski definition) is 4. The highest BCUT2D eigenvalue weighted by atomic mass is 32.2. The van der Waals surface area contributed by atoms with Crippen molar-refractivity contribution in [3.8, 4) is 0 Å². The number of unbranched alkanes of at least 4 members (excludes halogenated alkanes) is 15. The van der Waals surface area contributed by atoms with Gasteiger partial charge in [-0.05, 0) is 64.2 Å². The highest BCUT2D eigenvalue weighted by Crippen LogP contribution is 2.12. The maximum atomic E-state index is 12.4. The molecule has 0 spiro atoms. The number of allylic oxidation sites excluding steroid dienone is 9. The number of hydrogen-bond donors (Lipinski definition) is 3. The molecule has 45 heavy (non-hydrogen) atoms. The molecule has 0 aromatic rings. The zero-order valence-corrected chi connectivity index (χ0v) is 29.5. The van der Waals surface area contributed by atoms with Crippen LogP contribution >= 0.6 is 0 Å². The van der Waals surface area contributed by atoms with Gasteiger partial charge in [-0.1, -0.05) is 145 Å². The van der Waals surface area contributed by atoms with Gasteiger partial charge in [0.1, 0.15) is 0 Å². The van der Waals surface area contributed by atoms with Crippen molar-refractivity contribution in [2.45, 2.75) is 167 Å². The third-order valence-electron chi connectivity index (χ3n) is 7.68. The van der Waals surface area contributed by atoms with Gasteiger partial charge in [-0.2, -0.15) is 8.42 Å². The summed E-state index contributed by atoms with van der Waals surface area (Å²) in [6, 6.07) is -1.08. The van der Waals surface area contributed by atoms with Gasteiger partial charge < -0.3 is 10.4 Å². The topological polar surface area (TPSA) is 104 Å². The van der Waals surface area contributed by atoms with Gasteiger partial charge in [-0.25, -0.2) is 0 Å². The van der Waals surface area contributed by atoms with Crippen molar-refractivity contribution in [1.29, 1.82) is 0 Å². The molecule has 0 saturated carbocycles. The summed E-state index contributed by atoms with van der Waals surface area (Å²) in [7, 11) is -4.36. The fraction of sp³-hybridized carbons (Fsp3) is 0.711. The fourth-order valence-electron chi connectivity index (χ4n) is 5.01. The van der Waals surface area contributed by atoms with E-state index in [2.05, 4.69) is 67.8 Å². The molecular weight excluding hydrogens is 582 g/mol. The van der Waals surface area contributed by atoms with Crippen LogP contribution < -0.4 is 5.32 Å². The second-order valence-corrected chi connectivity index (χ2v) is 13.6. The third-order valence-corrected chi connectivity index (χ3v) is 8.46. The van der Waals surface area contributed by atoms with Crippen LogP contribution in [0.4, 0.5) is 0 Å². The molecule has 2 unspecified atom stereocenters. The molecule has 1 amide bonds. The zero-order chi connectivity index (χ0) is 33.3. The SMILES string of the molecule is CC/C=C\C/C=C\C/C=C\CCCCCCCC(=O)NC(CS(=O)(=O)O)C(O)/C=C/CC/C=C/CCCCCCCCCCC. The smallest absolute Gasteiger partial charge is 0.267 e. The van der Waals surface area contributed by atoms with E-state index in [1.807, 2.05) is 0 Å². The summed E-state index contributed by atoms with van der Waals surface area (Å²) in [6.45, 7) is 4.38. The average Bonchev–Trinajstić information content (AvgIpc) is 3.00. The zero-order valence-electron chi connectivity index (χ0n) is 28.7. The first kappa shape index (κ1) is 43.0. The lowest BCUT2D eigenvalue weighted by atomic mass is 10.1. The number of carbonyl (C=O) groups is 1. The lowest BCUT2D eigenvalue weighted by Crippen LogP contribution is -2.46. The van der Waals surface area contributed by atoms with Gasteiger partial charge in [0.05, 0.1) is 17.9 Å². The number of nitrogens with one attached hydrogen (secondary N) is 1. The summed E-state index contributed by atoms with van der Waals surface area (Å²) in [4.78, 5) is 12.4. The van der Waals surface area contributed by atoms with Crippen molar-refractivity contribution in [1.82, 2.24) is 5.32 Å². The number of aliphatic hydroxyl groups excluding tert-OH is 1. The Morgan fingerprint density at radius 3 is 1.67 bits per heavy atom. The van der Waals surface area contributed by atoms with Crippen molar-refractivity contribution >= 4 is 16.0 Å². The molecule has 6 nitrogen and oxygen atoms in total. The van der Waals surface area contributed by atoms with E-state index in [1.165, 1.54) is 63.9 Å². The maximum absolute atomic E-state index is 12.4. The summed E-state index contributed by atoms with van der Waals surface area (Å²) >= 11 is 0. The maximum Gasteiger partial charge on any atom is 0.267 e. The molecule has 0 bridgehead atoms. The van der Waals surface area contributed by atoms with Crippen LogP contribution in [-0.4, -0.2) is 41.9 Å². The molecule has 0 rings (SSSR count).